The molecule has 2 heteroatoms. The van der Waals surface area contributed by atoms with Crippen LogP contribution in [0.2, 0.25) is 0 Å². The lowest BCUT2D eigenvalue weighted by molar-refractivity contribution is 0.339. The number of ether oxygens (including phenoxy) is 1. The van der Waals surface area contributed by atoms with Gasteiger partial charge in [-0.3, -0.25) is 0 Å². The van der Waals surface area contributed by atoms with Crippen LogP contribution >= 0.6 is 0 Å². The van der Waals surface area contributed by atoms with Crippen LogP contribution in [0.3, 0.4) is 0 Å². The molecule has 0 amide bonds. The predicted octanol–water partition coefficient (Wildman–Crippen LogP) is 4.00. The van der Waals surface area contributed by atoms with Crippen molar-refractivity contribution in [2.45, 2.75) is 53.1 Å². The summed E-state index contributed by atoms with van der Waals surface area (Å²) in [5, 5.41) is 3.61. The van der Waals surface area contributed by atoms with Crippen LogP contribution in [-0.4, -0.2) is 12.6 Å². The average Bonchev–Trinajstić information content (AvgIpc) is 2.40. The molecule has 1 aromatic carbocycles. The number of benzene rings is 1. The standard InChI is InChI=1S/C16H27NO/c1-5-15(6-2)13(4)17-12-14-8-10-16(11-9-14)18-7-3/h8-11,13,15,17H,5-7,12H2,1-4H3. The maximum atomic E-state index is 5.44. The summed E-state index contributed by atoms with van der Waals surface area (Å²) in [5.41, 5.74) is 1.32. The summed E-state index contributed by atoms with van der Waals surface area (Å²) < 4.78 is 5.44. The molecule has 0 aliphatic rings. The Labute approximate surface area is 112 Å². The molecule has 0 aromatic heterocycles. The van der Waals surface area contributed by atoms with E-state index >= 15 is 0 Å². The Morgan fingerprint density at radius 1 is 1.06 bits per heavy atom. The van der Waals surface area contributed by atoms with Crippen molar-refractivity contribution in [2.24, 2.45) is 5.92 Å². The summed E-state index contributed by atoms with van der Waals surface area (Å²) in [7, 11) is 0. The summed E-state index contributed by atoms with van der Waals surface area (Å²) in [6, 6.07) is 8.94. The van der Waals surface area contributed by atoms with E-state index in [1.807, 2.05) is 19.1 Å². The second kappa shape index (κ2) is 8.15. The van der Waals surface area contributed by atoms with Crippen molar-refractivity contribution in [1.29, 1.82) is 0 Å². The first-order chi connectivity index (χ1) is 8.71. The van der Waals surface area contributed by atoms with Gasteiger partial charge in [-0.2, -0.15) is 0 Å². The molecule has 0 spiro atoms. The van der Waals surface area contributed by atoms with E-state index in [1.165, 1.54) is 18.4 Å². The van der Waals surface area contributed by atoms with Gasteiger partial charge in [-0.15, -0.1) is 0 Å². The van der Waals surface area contributed by atoms with Crippen molar-refractivity contribution in [2.75, 3.05) is 6.61 Å². The highest BCUT2D eigenvalue weighted by atomic mass is 16.5. The molecule has 1 aromatic rings. The van der Waals surface area contributed by atoms with Gasteiger partial charge < -0.3 is 10.1 Å². The van der Waals surface area contributed by atoms with Crippen molar-refractivity contribution in [1.82, 2.24) is 5.32 Å². The molecule has 0 heterocycles. The zero-order chi connectivity index (χ0) is 13.4. The van der Waals surface area contributed by atoms with Gasteiger partial charge in [0.1, 0.15) is 5.75 Å². The second-order valence-electron chi connectivity index (χ2n) is 4.82. The van der Waals surface area contributed by atoms with Crippen LogP contribution in [0.5, 0.6) is 5.75 Å². The zero-order valence-electron chi connectivity index (χ0n) is 12.2. The van der Waals surface area contributed by atoms with Crippen LogP contribution in [-0.2, 0) is 6.54 Å². The minimum atomic E-state index is 0.576. The highest BCUT2D eigenvalue weighted by molar-refractivity contribution is 5.27. The van der Waals surface area contributed by atoms with Crippen LogP contribution in [0.15, 0.2) is 24.3 Å². The second-order valence-corrected chi connectivity index (χ2v) is 4.82. The third-order valence-electron chi connectivity index (χ3n) is 3.62. The molecule has 0 radical (unpaired) electrons. The molecule has 1 atom stereocenters. The van der Waals surface area contributed by atoms with Crippen molar-refractivity contribution >= 4 is 0 Å². The fourth-order valence-corrected chi connectivity index (χ4v) is 2.31. The number of hydrogen-bond acceptors (Lipinski definition) is 2. The highest BCUT2D eigenvalue weighted by Crippen LogP contribution is 2.15. The monoisotopic (exact) mass is 249 g/mol. The molecule has 2 nitrogen and oxygen atoms in total. The van der Waals surface area contributed by atoms with Crippen molar-refractivity contribution < 1.29 is 4.74 Å². The van der Waals surface area contributed by atoms with Crippen LogP contribution in [0.25, 0.3) is 0 Å². The minimum absolute atomic E-state index is 0.576. The molecular weight excluding hydrogens is 222 g/mol. The SMILES string of the molecule is CCOc1ccc(CNC(C)C(CC)CC)cc1. The molecule has 0 fully saturated rings. The number of hydrogen-bond donors (Lipinski definition) is 1. The van der Waals surface area contributed by atoms with Crippen LogP contribution in [0.1, 0.15) is 46.1 Å². The molecule has 0 saturated heterocycles. The Hall–Kier alpha value is -1.02. The lowest BCUT2D eigenvalue weighted by Gasteiger charge is -2.22. The van der Waals surface area contributed by atoms with E-state index in [2.05, 4.69) is 38.2 Å². The van der Waals surface area contributed by atoms with E-state index in [-0.39, 0.29) is 0 Å². The molecule has 0 saturated carbocycles. The lowest BCUT2D eigenvalue weighted by Crippen LogP contribution is -2.32. The largest absolute Gasteiger partial charge is 0.494 e. The fourth-order valence-electron chi connectivity index (χ4n) is 2.31. The summed E-state index contributed by atoms with van der Waals surface area (Å²) in [6.45, 7) is 10.5. The van der Waals surface area contributed by atoms with E-state index in [9.17, 15) is 0 Å². The lowest BCUT2D eigenvalue weighted by atomic mass is 9.95. The van der Waals surface area contributed by atoms with Gasteiger partial charge in [0.2, 0.25) is 0 Å². The topological polar surface area (TPSA) is 21.3 Å². The van der Waals surface area contributed by atoms with E-state index in [1.54, 1.807) is 0 Å². The Balaban J connectivity index is 2.43. The van der Waals surface area contributed by atoms with E-state index < -0.39 is 0 Å². The quantitative estimate of drug-likeness (QED) is 0.752. The summed E-state index contributed by atoms with van der Waals surface area (Å²) >= 11 is 0. The minimum Gasteiger partial charge on any atom is -0.494 e. The summed E-state index contributed by atoms with van der Waals surface area (Å²) in [6.07, 6.45) is 2.49. The molecule has 1 rings (SSSR count). The molecule has 18 heavy (non-hydrogen) atoms. The normalized spacial score (nSPS) is 12.7. The molecule has 0 aliphatic carbocycles. The Morgan fingerprint density at radius 3 is 2.17 bits per heavy atom. The third kappa shape index (κ3) is 4.69. The molecule has 0 aliphatic heterocycles. The zero-order valence-corrected chi connectivity index (χ0v) is 12.2. The summed E-state index contributed by atoms with van der Waals surface area (Å²) in [4.78, 5) is 0. The average molecular weight is 249 g/mol. The van der Waals surface area contributed by atoms with E-state index in [4.69, 9.17) is 4.74 Å². The smallest absolute Gasteiger partial charge is 0.119 e. The maximum Gasteiger partial charge on any atom is 0.119 e. The first-order valence-corrected chi connectivity index (χ1v) is 7.16. The number of nitrogens with one attached hydrogen (secondary N) is 1. The molecule has 0 bridgehead atoms. The molecule has 1 unspecified atom stereocenters. The maximum absolute atomic E-state index is 5.44. The van der Waals surface area contributed by atoms with Gasteiger partial charge in [0.25, 0.3) is 0 Å². The van der Waals surface area contributed by atoms with E-state index in [0.717, 1.165) is 24.8 Å². The molecule has 102 valence electrons. The van der Waals surface area contributed by atoms with E-state index in [0.29, 0.717) is 6.04 Å². The molecule has 1 N–H and O–H groups in total. The number of rotatable bonds is 8. The van der Waals surface area contributed by atoms with Crippen molar-refractivity contribution in [3.63, 3.8) is 0 Å². The predicted molar refractivity (Wildman–Crippen MR) is 78.0 cm³/mol. The molecular formula is C16H27NO. The van der Waals surface area contributed by atoms with Crippen LogP contribution < -0.4 is 10.1 Å². The van der Waals surface area contributed by atoms with Gasteiger partial charge in [-0.05, 0) is 37.5 Å². The van der Waals surface area contributed by atoms with Crippen molar-refractivity contribution in [3.05, 3.63) is 29.8 Å². The van der Waals surface area contributed by atoms with Crippen molar-refractivity contribution in [3.8, 4) is 5.75 Å². The third-order valence-corrected chi connectivity index (χ3v) is 3.62. The first kappa shape index (κ1) is 15.0. The van der Waals surface area contributed by atoms with Gasteiger partial charge in [-0.25, -0.2) is 0 Å². The van der Waals surface area contributed by atoms with Crippen LogP contribution in [0, 0.1) is 5.92 Å². The van der Waals surface area contributed by atoms with Gasteiger partial charge >= 0.3 is 0 Å². The van der Waals surface area contributed by atoms with Gasteiger partial charge in [0.15, 0.2) is 0 Å². The Bertz CT molecular complexity index is 316. The van der Waals surface area contributed by atoms with Gasteiger partial charge in [0, 0.05) is 12.6 Å². The van der Waals surface area contributed by atoms with Crippen LogP contribution in [0.4, 0.5) is 0 Å². The van der Waals surface area contributed by atoms with Gasteiger partial charge in [0.05, 0.1) is 6.61 Å². The summed E-state index contributed by atoms with van der Waals surface area (Å²) in [5.74, 6) is 1.72. The van der Waals surface area contributed by atoms with Gasteiger partial charge in [-0.1, -0.05) is 38.8 Å². The Morgan fingerprint density at radius 2 is 1.67 bits per heavy atom. The Kier molecular flexibility index (Phi) is 6.81. The fraction of sp³-hybridized carbons (Fsp3) is 0.625. The first-order valence-electron chi connectivity index (χ1n) is 7.16. The highest BCUT2D eigenvalue weighted by Gasteiger charge is 2.12.